The van der Waals surface area contributed by atoms with E-state index in [-0.39, 0.29) is 17.7 Å². The van der Waals surface area contributed by atoms with Crippen LogP contribution in [-0.2, 0) is 7.05 Å². The van der Waals surface area contributed by atoms with Gasteiger partial charge in [0.15, 0.2) is 11.6 Å². The summed E-state index contributed by atoms with van der Waals surface area (Å²) in [6.45, 7) is 5.43. The summed E-state index contributed by atoms with van der Waals surface area (Å²) in [5, 5.41) is 6.82. The van der Waals surface area contributed by atoms with Crippen molar-refractivity contribution >= 4 is 28.3 Å². The first-order valence-electron chi connectivity index (χ1n) is 12.0. The Labute approximate surface area is 211 Å². The van der Waals surface area contributed by atoms with E-state index >= 15 is 0 Å². The molecule has 192 valence electrons. The lowest BCUT2D eigenvalue weighted by molar-refractivity contribution is 0.102. The van der Waals surface area contributed by atoms with Crippen molar-refractivity contribution in [1.29, 1.82) is 0 Å². The van der Waals surface area contributed by atoms with E-state index in [1.807, 2.05) is 17.7 Å². The molecule has 0 aliphatic carbocycles. The number of hydrogen-bond donors (Lipinski definition) is 2. The number of benzene rings is 2. The number of nitrogens with zero attached hydrogens (tertiary/aromatic N) is 5. The van der Waals surface area contributed by atoms with Crippen molar-refractivity contribution < 1.29 is 13.6 Å². The van der Waals surface area contributed by atoms with Gasteiger partial charge in [-0.25, -0.2) is 13.8 Å². The lowest BCUT2D eigenvalue weighted by atomic mass is 10.2. The highest BCUT2D eigenvalue weighted by molar-refractivity contribution is 6.08. The first kappa shape index (κ1) is 24.6. The van der Waals surface area contributed by atoms with Crippen molar-refractivity contribution in [3.63, 3.8) is 0 Å². The summed E-state index contributed by atoms with van der Waals surface area (Å²) in [6, 6.07) is 9.14. The molecule has 3 heterocycles. The quantitative estimate of drug-likeness (QED) is 0.429. The third kappa shape index (κ3) is 4.35. The van der Waals surface area contributed by atoms with E-state index in [9.17, 15) is 18.4 Å². The predicted octanol–water partition coefficient (Wildman–Crippen LogP) is 3.31. The molecule has 1 fully saturated rings. The maximum atomic E-state index is 14.3. The minimum atomic E-state index is -0.971. The van der Waals surface area contributed by atoms with E-state index in [2.05, 4.69) is 29.2 Å². The fraction of sp³-hybridized carbons (Fsp3) is 0.308. The predicted molar refractivity (Wildman–Crippen MR) is 137 cm³/mol. The van der Waals surface area contributed by atoms with E-state index in [1.165, 1.54) is 12.1 Å². The van der Waals surface area contributed by atoms with Gasteiger partial charge in [0.1, 0.15) is 22.7 Å². The van der Waals surface area contributed by atoms with Crippen LogP contribution in [0.5, 0.6) is 0 Å². The Balaban J connectivity index is 1.58. The lowest BCUT2D eigenvalue weighted by Crippen LogP contribution is -2.28. The summed E-state index contributed by atoms with van der Waals surface area (Å²) in [7, 11) is 1.96. The van der Waals surface area contributed by atoms with Gasteiger partial charge in [0, 0.05) is 38.2 Å². The molecule has 37 heavy (non-hydrogen) atoms. The molecule has 2 aromatic carbocycles. The van der Waals surface area contributed by atoms with Crippen molar-refractivity contribution in [1.82, 2.24) is 19.3 Å². The molecule has 0 unspecified atom stereocenters. The zero-order valence-electron chi connectivity index (χ0n) is 20.7. The van der Waals surface area contributed by atoms with Gasteiger partial charge in [-0.1, -0.05) is 19.9 Å². The molecule has 1 atom stereocenters. The summed E-state index contributed by atoms with van der Waals surface area (Å²) >= 11 is 0. The van der Waals surface area contributed by atoms with Gasteiger partial charge in [0.05, 0.1) is 16.9 Å². The first-order valence-corrected chi connectivity index (χ1v) is 12.0. The third-order valence-corrected chi connectivity index (χ3v) is 6.55. The number of hydrogen-bond acceptors (Lipinski definition) is 6. The molecule has 1 amide bonds. The molecular formula is C26H27F2N7O2. The minimum absolute atomic E-state index is 0.00650. The van der Waals surface area contributed by atoms with Crippen LogP contribution in [0.1, 0.15) is 42.5 Å². The zero-order chi connectivity index (χ0) is 26.4. The van der Waals surface area contributed by atoms with E-state index in [0.717, 1.165) is 47.2 Å². The number of carbonyl (C=O) groups is 1. The maximum Gasteiger partial charge on any atom is 0.276 e. The fourth-order valence-corrected chi connectivity index (χ4v) is 4.76. The van der Waals surface area contributed by atoms with Gasteiger partial charge in [-0.3, -0.25) is 9.59 Å². The van der Waals surface area contributed by atoms with Crippen molar-refractivity contribution in [2.24, 2.45) is 12.8 Å². The molecule has 11 heteroatoms. The van der Waals surface area contributed by atoms with Crippen LogP contribution in [-0.4, -0.2) is 44.4 Å². The van der Waals surface area contributed by atoms with E-state index in [1.54, 1.807) is 6.07 Å². The van der Waals surface area contributed by atoms with Crippen LogP contribution in [0.25, 0.3) is 16.7 Å². The van der Waals surface area contributed by atoms with Gasteiger partial charge in [0.25, 0.3) is 11.5 Å². The number of nitrogens with one attached hydrogen (secondary N) is 1. The van der Waals surface area contributed by atoms with E-state index in [4.69, 9.17) is 10.7 Å². The third-order valence-electron chi connectivity index (χ3n) is 6.55. The highest BCUT2D eigenvalue weighted by Crippen LogP contribution is 2.37. The summed E-state index contributed by atoms with van der Waals surface area (Å²) in [5.74, 6) is -1.49. The molecule has 2 aromatic heterocycles. The van der Waals surface area contributed by atoms with Crippen LogP contribution in [0, 0.1) is 11.6 Å². The van der Waals surface area contributed by atoms with E-state index in [0.29, 0.717) is 23.5 Å². The molecular weight excluding hydrogens is 480 g/mol. The maximum absolute atomic E-state index is 14.3. The Morgan fingerprint density at radius 3 is 2.49 bits per heavy atom. The highest BCUT2D eigenvalue weighted by atomic mass is 19.1. The number of nitrogens with two attached hydrogens (primary N) is 1. The molecule has 0 bridgehead atoms. The Morgan fingerprint density at radius 1 is 1.11 bits per heavy atom. The van der Waals surface area contributed by atoms with Crippen molar-refractivity contribution in [2.75, 3.05) is 23.3 Å². The second kappa shape index (κ2) is 9.40. The second-order valence-electron chi connectivity index (χ2n) is 9.50. The molecule has 9 nitrogen and oxygen atoms in total. The Kier molecular flexibility index (Phi) is 6.24. The fourth-order valence-electron chi connectivity index (χ4n) is 4.76. The topological polar surface area (TPSA) is 111 Å². The van der Waals surface area contributed by atoms with E-state index < -0.39 is 28.8 Å². The van der Waals surface area contributed by atoms with Gasteiger partial charge in [-0.2, -0.15) is 9.78 Å². The van der Waals surface area contributed by atoms with Gasteiger partial charge in [-0.15, -0.1) is 0 Å². The molecule has 4 aromatic rings. The van der Waals surface area contributed by atoms with Gasteiger partial charge in [0.2, 0.25) is 0 Å². The molecule has 0 spiro atoms. The largest absolute Gasteiger partial charge is 0.366 e. The number of anilines is 2. The Bertz CT molecular complexity index is 1560. The van der Waals surface area contributed by atoms with Gasteiger partial charge in [-0.05, 0) is 36.8 Å². The number of amides is 1. The number of imidazole rings is 1. The molecule has 1 aliphatic rings. The molecule has 3 N–H and O–H groups in total. The summed E-state index contributed by atoms with van der Waals surface area (Å²) in [6.07, 6.45) is 0.800. The Hall–Kier alpha value is -4.12. The number of para-hydroxylation sites is 1. The van der Waals surface area contributed by atoms with Crippen molar-refractivity contribution in [3.8, 4) is 5.69 Å². The van der Waals surface area contributed by atoms with Crippen LogP contribution < -0.4 is 21.5 Å². The first-order chi connectivity index (χ1) is 17.7. The smallest absolute Gasteiger partial charge is 0.276 e. The van der Waals surface area contributed by atoms with Crippen LogP contribution >= 0.6 is 0 Å². The zero-order valence-corrected chi connectivity index (χ0v) is 20.7. The number of halogens is 2. The summed E-state index contributed by atoms with van der Waals surface area (Å²) in [5.41, 5.74) is 7.47. The average molecular weight is 508 g/mol. The van der Waals surface area contributed by atoms with Gasteiger partial charge < -0.3 is 20.5 Å². The minimum Gasteiger partial charge on any atom is -0.366 e. The molecule has 0 radical (unpaired) electrons. The van der Waals surface area contributed by atoms with Gasteiger partial charge >= 0.3 is 0 Å². The monoisotopic (exact) mass is 507 g/mol. The lowest BCUT2D eigenvalue weighted by Gasteiger charge is -2.22. The molecule has 1 aliphatic heterocycles. The number of aromatic nitrogens is 4. The summed E-state index contributed by atoms with van der Waals surface area (Å²) < 4.78 is 31.2. The molecule has 0 saturated carbocycles. The number of aryl methyl sites for hydroxylation is 1. The Morgan fingerprint density at radius 2 is 1.84 bits per heavy atom. The second-order valence-corrected chi connectivity index (χ2v) is 9.50. The van der Waals surface area contributed by atoms with Crippen LogP contribution in [0.2, 0.25) is 0 Å². The van der Waals surface area contributed by atoms with Crippen molar-refractivity contribution in [2.45, 2.75) is 32.2 Å². The highest BCUT2D eigenvalue weighted by Gasteiger charge is 2.27. The molecule has 5 rings (SSSR count). The normalized spacial score (nSPS) is 15.6. The van der Waals surface area contributed by atoms with Crippen LogP contribution in [0.3, 0.4) is 0 Å². The summed E-state index contributed by atoms with van der Waals surface area (Å²) in [4.78, 5) is 32.6. The number of rotatable bonds is 5. The SMILES string of the molecule is CC(C)c1nc2c(N3CC[C@H](N)C3)c(NC(=O)c3ccc(=O)n(-c4c(F)cccc4F)n3)ccc2n1C. The molecule has 1 saturated heterocycles. The van der Waals surface area contributed by atoms with Crippen LogP contribution in [0.15, 0.2) is 47.3 Å². The standard InChI is InChI=1S/C26H27F2N7O2/c1-14(2)25-31-22-20(33(25)3)9-7-18(24(22)34-12-11-15(29)13-34)30-26(37)19-8-10-21(36)35(32-19)23-16(27)5-4-6-17(23)28/h4-10,14-15H,11-13,29H2,1-3H3,(H,30,37)/t15-/m0/s1. The number of carbonyl (C=O) groups excluding carboxylic acids is 1. The van der Waals surface area contributed by atoms with Crippen LogP contribution in [0.4, 0.5) is 20.2 Å². The van der Waals surface area contributed by atoms with Crippen molar-refractivity contribution in [3.05, 3.63) is 76.0 Å². The number of fused-ring (bicyclic) bond motifs is 1. The average Bonchev–Trinajstić information content (AvgIpc) is 3.43.